The van der Waals surface area contributed by atoms with E-state index in [0.717, 1.165) is 35.2 Å². The van der Waals surface area contributed by atoms with Crippen molar-refractivity contribution in [3.05, 3.63) is 28.2 Å². The number of likely N-dealkylation sites (tertiary alicyclic amines) is 1. The lowest BCUT2D eigenvalue weighted by atomic mass is 9.93. The van der Waals surface area contributed by atoms with Gasteiger partial charge in [-0.05, 0) is 55.4 Å². The number of carboxylic acid groups (broad SMARTS) is 1. The quantitative estimate of drug-likeness (QED) is 0.764. The zero-order chi connectivity index (χ0) is 17.5. The summed E-state index contributed by atoms with van der Waals surface area (Å²) in [5.74, 6) is 0.473. The van der Waals surface area contributed by atoms with Gasteiger partial charge in [-0.3, -0.25) is 9.59 Å². The van der Waals surface area contributed by atoms with Gasteiger partial charge in [0.15, 0.2) is 0 Å². The fraction of sp³-hybridized carbons (Fsp3) is 0.556. The van der Waals surface area contributed by atoms with E-state index in [9.17, 15) is 9.59 Å². The van der Waals surface area contributed by atoms with E-state index in [1.807, 2.05) is 23.1 Å². The largest absolute Gasteiger partial charge is 0.496 e. The van der Waals surface area contributed by atoms with Crippen molar-refractivity contribution in [1.29, 1.82) is 0 Å². The minimum absolute atomic E-state index is 0.136. The normalized spacial score (nSPS) is 17.6. The van der Waals surface area contributed by atoms with E-state index in [1.165, 1.54) is 0 Å². The number of aliphatic carboxylic acids is 1. The van der Waals surface area contributed by atoms with Gasteiger partial charge in [0.1, 0.15) is 5.75 Å². The van der Waals surface area contributed by atoms with Crippen LogP contribution >= 0.6 is 15.9 Å². The number of benzene rings is 1. The number of carbonyl (C=O) groups excluding carboxylic acids is 1. The molecule has 0 aromatic heterocycles. The summed E-state index contributed by atoms with van der Waals surface area (Å²) in [6.07, 6.45) is 3.88. The lowest BCUT2D eigenvalue weighted by Crippen LogP contribution is -2.40. The maximum absolute atomic E-state index is 12.5. The first-order valence-electron chi connectivity index (χ1n) is 8.31. The molecule has 1 aromatic rings. The van der Waals surface area contributed by atoms with Crippen LogP contribution in [0.15, 0.2) is 22.7 Å². The summed E-state index contributed by atoms with van der Waals surface area (Å²) in [5.41, 5.74) is 1.01. The Morgan fingerprint density at radius 2 is 2.17 bits per heavy atom. The van der Waals surface area contributed by atoms with E-state index in [1.54, 1.807) is 7.11 Å². The number of methoxy groups -OCH3 is 1. The average molecular weight is 398 g/mol. The number of carbonyl (C=O) groups is 2. The molecule has 1 saturated heterocycles. The number of hydrogen-bond acceptors (Lipinski definition) is 3. The molecule has 0 saturated carbocycles. The maximum atomic E-state index is 12.5. The van der Waals surface area contributed by atoms with Gasteiger partial charge in [0.05, 0.1) is 7.11 Å². The van der Waals surface area contributed by atoms with Gasteiger partial charge in [0.25, 0.3) is 0 Å². The van der Waals surface area contributed by atoms with E-state index in [-0.39, 0.29) is 12.3 Å². The molecule has 1 aromatic carbocycles. The highest BCUT2D eigenvalue weighted by molar-refractivity contribution is 9.10. The van der Waals surface area contributed by atoms with Crippen molar-refractivity contribution in [3.8, 4) is 5.75 Å². The van der Waals surface area contributed by atoms with Crippen LogP contribution in [0.4, 0.5) is 0 Å². The smallest absolute Gasteiger partial charge is 0.303 e. The summed E-state index contributed by atoms with van der Waals surface area (Å²) < 4.78 is 6.32. The van der Waals surface area contributed by atoms with Gasteiger partial charge in [-0.25, -0.2) is 0 Å². The number of hydrogen-bond donors (Lipinski definition) is 1. The molecule has 0 aliphatic carbocycles. The molecule has 6 heteroatoms. The number of piperidine rings is 1. The predicted octanol–water partition coefficient (Wildman–Crippen LogP) is 3.49. The molecule has 1 atom stereocenters. The van der Waals surface area contributed by atoms with Crippen LogP contribution < -0.4 is 4.74 Å². The lowest BCUT2D eigenvalue weighted by Gasteiger charge is -2.32. The zero-order valence-corrected chi connectivity index (χ0v) is 15.5. The van der Waals surface area contributed by atoms with E-state index in [2.05, 4.69) is 15.9 Å². The second-order valence-corrected chi connectivity index (χ2v) is 7.15. The molecule has 0 unspecified atom stereocenters. The number of amides is 1. The minimum atomic E-state index is -0.764. The van der Waals surface area contributed by atoms with Crippen LogP contribution in [0.1, 0.15) is 37.7 Å². The Morgan fingerprint density at radius 3 is 2.88 bits per heavy atom. The molecule has 1 heterocycles. The fourth-order valence-electron chi connectivity index (χ4n) is 3.20. The molecule has 0 spiro atoms. The van der Waals surface area contributed by atoms with E-state index in [4.69, 9.17) is 9.84 Å². The van der Waals surface area contributed by atoms with Crippen molar-refractivity contribution in [2.75, 3.05) is 20.2 Å². The van der Waals surface area contributed by atoms with E-state index >= 15 is 0 Å². The molecule has 1 aliphatic heterocycles. The summed E-state index contributed by atoms with van der Waals surface area (Å²) in [5, 5.41) is 8.81. The van der Waals surface area contributed by atoms with Crippen molar-refractivity contribution >= 4 is 27.8 Å². The number of rotatable bonds is 7. The summed E-state index contributed by atoms with van der Waals surface area (Å²) in [4.78, 5) is 25.1. The van der Waals surface area contributed by atoms with Crippen molar-refractivity contribution in [2.45, 2.75) is 38.5 Å². The number of nitrogens with zero attached hydrogens (tertiary/aromatic N) is 1. The molecule has 0 bridgehead atoms. The third-order valence-electron chi connectivity index (χ3n) is 4.49. The second-order valence-electron chi connectivity index (χ2n) is 6.24. The number of ether oxygens (including phenoxy) is 1. The van der Waals surface area contributed by atoms with Crippen LogP contribution in [0.3, 0.4) is 0 Å². The topological polar surface area (TPSA) is 66.8 Å². The Kier molecular flexibility index (Phi) is 7.09. The van der Waals surface area contributed by atoms with Crippen LogP contribution in [0, 0.1) is 5.92 Å². The third-order valence-corrected chi connectivity index (χ3v) is 4.98. The Bertz CT molecular complexity index is 590. The Balaban J connectivity index is 1.88. The zero-order valence-electron chi connectivity index (χ0n) is 14.0. The molecule has 2 rings (SSSR count). The van der Waals surface area contributed by atoms with Gasteiger partial charge in [0.2, 0.25) is 5.91 Å². The number of carboxylic acids is 1. The Hall–Kier alpha value is -1.56. The maximum Gasteiger partial charge on any atom is 0.303 e. The Morgan fingerprint density at radius 1 is 1.38 bits per heavy atom. The molecule has 1 amide bonds. The highest BCUT2D eigenvalue weighted by Gasteiger charge is 2.24. The molecule has 5 nitrogen and oxygen atoms in total. The van der Waals surface area contributed by atoms with Gasteiger partial charge in [0, 0.05) is 30.4 Å². The summed E-state index contributed by atoms with van der Waals surface area (Å²) >= 11 is 3.45. The van der Waals surface area contributed by atoms with E-state index in [0.29, 0.717) is 31.7 Å². The van der Waals surface area contributed by atoms with Crippen LogP contribution in [0.2, 0.25) is 0 Å². The first kappa shape index (κ1) is 18.8. The monoisotopic (exact) mass is 397 g/mol. The summed E-state index contributed by atoms with van der Waals surface area (Å²) in [6, 6.07) is 5.80. The van der Waals surface area contributed by atoms with Gasteiger partial charge in [-0.2, -0.15) is 0 Å². The molecule has 1 fully saturated rings. The lowest BCUT2D eigenvalue weighted by molar-refractivity contribution is -0.137. The molecule has 1 N–H and O–H groups in total. The molecule has 0 radical (unpaired) electrons. The third kappa shape index (κ3) is 5.51. The van der Waals surface area contributed by atoms with Crippen molar-refractivity contribution < 1.29 is 19.4 Å². The summed E-state index contributed by atoms with van der Waals surface area (Å²) in [6.45, 7) is 1.46. The molecular formula is C18H24BrNO4. The molecule has 24 heavy (non-hydrogen) atoms. The number of aryl methyl sites for hydroxylation is 1. The van der Waals surface area contributed by atoms with E-state index < -0.39 is 5.97 Å². The molecular weight excluding hydrogens is 374 g/mol. The first-order valence-corrected chi connectivity index (χ1v) is 9.11. The van der Waals surface area contributed by atoms with Crippen LogP contribution in [-0.4, -0.2) is 42.1 Å². The fourth-order valence-corrected chi connectivity index (χ4v) is 3.61. The van der Waals surface area contributed by atoms with Crippen molar-refractivity contribution in [1.82, 2.24) is 4.90 Å². The van der Waals surface area contributed by atoms with Gasteiger partial charge < -0.3 is 14.7 Å². The first-order chi connectivity index (χ1) is 11.5. The minimum Gasteiger partial charge on any atom is -0.496 e. The highest BCUT2D eigenvalue weighted by atomic mass is 79.9. The van der Waals surface area contributed by atoms with Gasteiger partial charge >= 0.3 is 5.97 Å². The van der Waals surface area contributed by atoms with Crippen molar-refractivity contribution in [2.24, 2.45) is 5.92 Å². The second kappa shape index (κ2) is 9.06. The SMILES string of the molecule is COc1ccc(Br)cc1CCC(=O)N1CCC[C@@H](CCC(=O)O)C1. The summed E-state index contributed by atoms with van der Waals surface area (Å²) in [7, 11) is 1.63. The van der Waals surface area contributed by atoms with Gasteiger partial charge in [-0.15, -0.1) is 0 Å². The molecule has 1 aliphatic rings. The number of halogens is 1. The standard InChI is InChI=1S/C18H24BrNO4/c1-24-16-7-6-15(19)11-14(16)5-8-17(21)20-10-2-3-13(12-20)4-9-18(22)23/h6-7,11,13H,2-5,8-10,12H2,1H3,(H,22,23)/t13-/m0/s1. The average Bonchev–Trinajstić information content (AvgIpc) is 2.58. The molecule has 132 valence electrons. The van der Waals surface area contributed by atoms with Crippen LogP contribution in [0.5, 0.6) is 5.75 Å². The van der Waals surface area contributed by atoms with Gasteiger partial charge in [-0.1, -0.05) is 15.9 Å². The highest BCUT2D eigenvalue weighted by Crippen LogP contribution is 2.25. The van der Waals surface area contributed by atoms with Crippen LogP contribution in [0.25, 0.3) is 0 Å². The van der Waals surface area contributed by atoms with Crippen molar-refractivity contribution in [3.63, 3.8) is 0 Å². The predicted molar refractivity (Wildman–Crippen MR) is 95.2 cm³/mol. The van der Waals surface area contributed by atoms with Crippen LogP contribution in [-0.2, 0) is 16.0 Å². The Labute approximate surface area is 151 Å².